The number of nitro groups is 1. The van der Waals surface area contributed by atoms with Crippen LogP contribution in [-0.2, 0) is 14.3 Å². The number of carbonyl (C=O) groups excluding carboxylic acids is 2. The maximum absolute atomic E-state index is 13.5. The number of hydrogen-bond acceptors (Lipinski definition) is 5. The molecule has 152 valence electrons. The van der Waals surface area contributed by atoms with Crippen LogP contribution in [0.5, 0.6) is 0 Å². The normalized spacial score (nSPS) is 27.2. The van der Waals surface area contributed by atoms with Crippen LogP contribution in [0.4, 0.5) is 5.69 Å². The highest BCUT2D eigenvalue weighted by Crippen LogP contribution is 2.46. The van der Waals surface area contributed by atoms with Gasteiger partial charge in [0.05, 0.1) is 10.8 Å². The number of nitrogens with zero attached hydrogens (tertiary/aromatic N) is 1. The van der Waals surface area contributed by atoms with Crippen molar-refractivity contribution in [3.8, 4) is 0 Å². The van der Waals surface area contributed by atoms with E-state index in [1.807, 2.05) is 20.8 Å². The van der Waals surface area contributed by atoms with Crippen molar-refractivity contribution in [3.63, 3.8) is 0 Å². The molecule has 2 aliphatic rings. The number of rotatable bonds is 3. The maximum Gasteiger partial charge on any atom is 0.317 e. The molecule has 1 heterocycles. The molecule has 28 heavy (non-hydrogen) atoms. The minimum atomic E-state index is -0.914. The van der Waals surface area contributed by atoms with Gasteiger partial charge in [0, 0.05) is 18.1 Å². The Balaban J connectivity index is 2.00. The Morgan fingerprint density at radius 3 is 2.43 bits per heavy atom. The van der Waals surface area contributed by atoms with Crippen molar-refractivity contribution in [1.29, 1.82) is 0 Å². The second-order valence-electron chi connectivity index (χ2n) is 9.15. The number of carbonyl (C=O) groups is 2. The lowest BCUT2D eigenvalue weighted by Gasteiger charge is -2.42. The Bertz CT molecular complexity index is 766. The van der Waals surface area contributed by atoms with E-state index in [2.05, 4.69) is 0 Å². The lowest BCUT2D eigenvalue weighted by atomic mass is 9.64. The van der Waals surface area contributed by atoms with Gasteiger partial charge in [-0.15, -0.1) is 0 Å². The zero-order chi connectivity index (χ0) is 20.5. The molecule has 6 heteroatoms. The summed E-state index contributed by atoms with van der Waals surface area (Å²) in [7, 11) is 0. The van der Waals surface area contributed by atoms with E-state index in [0.717, 1.165) is 38.5 Å². The van der Waals surface area contributed by atoms with Crippen molar-refractivity contribution in [2.45, 2.75) is 71.3 Å². The number of ketones is 1. The fraction of sp³-hybridized carbons (Fsp3) is 0.636. The summed E-state index contributed by atoms with van der Waals surface area (Å²) in [5, 5.41) is 11.2. The highest BCUT2D eigenvalue weighted by atomic mass is 16.6. The Morgan fingerprint density at radius 2 is 1.79 bits per heavy atom. The summed E-state index contributed by atoms with van der Waals surface area (Å²) in [5.41, 5.74) is 0.164. The van der Waals surface area contributed by atoms with Crippen LogP contribution in [0.15, 0.2) is 24.3 Å². The van der Waals surface area contributed by atoms with Crippen molar-refractivity contribution in [1.82, 2.24) is 0 Å². The first-order valence-corrected chi connectivity index (χ1v) is 10.2. The molecule has 1 aromatic rings. The number of Topliss-reactive ketones (excluding diaryl/α,β-unsaturated/α-hetero) is 1. The molecule has 0 amide bonds. The predicted molar refractivity (Wildman–Crippen MR) is 105 cm³/mol. The van der Waals surface area contributed by atoms with E-state index in [-0.39, 0.29) is 23.5 Å². The van der Waals surface area contributed by atoms with Gasteiger partial charge >= 0.3 is 5.97 Å². The number of non-ortho nitro benzene ring substituents is 1. The molecular weight excluding hydrogens is 358 g/mol. The van der Waals surface area contributed by atoms with E-state index >= 15 is 0 Å². The van der Waals surface area contributed by atoms with Gasteiger partial charge in [0.2, 0.25) is 0 Å². The van der Waals surface area contributed by atoms with Gasteiger partial charge in [0.15, 0.2) is 5.78 Å². The van der Waals surface area contributed by atoms with Gasteiger partial charge in [-0.25, -0.2) is 0 Å². The number of hydrogen-bond donors (Lipinski definition) is 0. The van der Waals surface area contributed by atoms with Crippen LogP contribution in [0.3, 0.4) is 0 Å². The average molecular weight is 387 g/mol. The van der Waals surface area contributed by atoms with E-state index in [4.69, 9.17) is 4.74 Å². The van der Waals surface area contributed by atoms with E-state index < -0.39 is 28.1 Å². The highest BCUT2D eigenvalue weighted by Gasteiger charge is 2.51. The van der Waals surface area contributed by atoms with Crippen LogP contribution < -0.4 is 0 Å². The third-order valence-corrected chi connectivity index (χ3v) is 6.10. The average Bonchev–Trinajstić information content (AvgIpc) is 2.59. The van der Waals surface area contributed by atoms with Gasteiger partial charge in [0.1, 0.15) is 12.0 Å². The van der Waals surface area contributed by atoms with Crippen molar-refractivity contribution in [3.05, 3.63) is 39.9 Å². The summed E-state index contributed by atoms with van der Waals surface area (Å²) >= 11 is 0. The van der Waals surface area contributed by atoms with Crippen LogP contribution in [0.2, 0.25) is 0 Å². The summed E-state index contributed by atoms with van der Waals surface area (Å²) in [6.07, 6.45) is 5.32. The molecule has 1 saturated heterocycles. The Hall–Kier alpha value is -2.24. The second kappa shape index (κ2) is 8.02. The first kappa shape index (κ1) is 20.5. The Morgan fingerprint density at radius 1 is 1.11 bits per heavy atom. The summed E-state index contributed by atoms with van der Waals surface area (Å²) in [4.78, 5) is 37.2. The van der Waals surface area contributed by atoms with Gasteiger partial charge < -0.3 is 4.74 Å². The zero-order valence-corrected chi connectivity index (χ0v) is 16.8. The topological polar surface area (TPSA) is 86.5 Å². The fourth-order valence-corrected chi connectivity index (χ4v) is 4.81. The Kier molecular flexibility index (Phi) is 5.87. The monoisotopic (exact) mass is 387 g/mol. The van der Waals surface area contributed by atoms with Crippen LogP contribution in [0.25, 0.3) is 0 Å². The number of ether oxygens (including phenoxy) is 1. The molecule has 1 aliphatic heterocycles. The molecule has 1 aromatic carbocycles. The molecular formula is C22H29NO5. The summed E-state index contributed by atoms with van der Waals surface area (Å²) in [6, 6.07) is 6.30. The first-order valence-electron chi connectivity index (χ1n) is 10.2. The van der Waals surface area contributed by atoms with Crippen LogP contribution in [0, 0.1) is 27.4 Å². The molecule has 2 fully saturated rings. The molecule has 0 spiro atoms. The summed E-state index contributed by atoms with van der Waals surface area (Å²) in [6.45, 7) is 5.88. The van der Waals surface area contributed by atoms with Crippen molar-refractivity contribution in [2.75, 3.05) is 0 Å². The van der Waals surface area contributed by atoms with E-state index in [0.29, 0.717) is 5.56 Å². The van der Waals surface area contributed by atoms with Gasteiger partial charge in [-0.2, -0.15) is 0 Å². The molecule has 0 radical (unpaired) electrons. The maximum atomic E-state index is 13.5. The van der Waals surface area contributed by atoms with Crippen LogP contribution >= 0.6 is 0 Å². The molecule has 6 nitrogen and oxygen atoms in total. The summed E-state index contributed by atoms with van der Waals surface area (Å²) in [5.74, 6) is -2.17. The minimum Gasteiger partial charge on any atom is -0.461 e. The third-order valence-electron chi connectivity index (χ3n) is 6.10. The van der Waals surface area contributed by atoms with Gasteiger partial charge in [0.25, 0.3) is 5.69 Å². The van der Waals surface area contributed by atoms with Crippen LogP contribution in [-0.4, -0.2) is 22.8 Å². The van der Waals surface area contributed by atoms with Crippen LogP contribution in [0.1, 0.15) is 70.8 Å². The standard InChI is InChI=1S/C22H29NO5/c1-22(2,3)19(14-9-8-10-15(13-14)23(26)27)18-20(24)16-11-6-4-5-7-12-17(16)28-21(18)25/h8-10,13,16-19H,4-7,11-12H2,1-3H3. The lowest BCUT2D eigenvalue weighted by molar-refractivity contribution is -0.385. The van der Waals surface area contributed by atoms with Crippen molar-refractivity contribution < 1.29 is 19.2 Å². The van der Waals surface area contributed by atoms with E-state index in [1.165, 1.54) is 12.1 Å². The minimum absolute atomic E-state index is 0.0350. The second-order valence-corrected chi connectivity index (χ2v) is 9.15. The smallest absolute Gasteiger partial charge is 0.317 e. The molecule has 0 bridgehead atoms. The number of nitro benzene ring substituents is 1. The molecule has 1 aliphatic carbocycles. The zero-order valence-electron chi connectivity index (χ0n) is 16.8. The molecule has 4 atom stereocenters. The Labute approximate surface area is 165 Å². The van der Waals surface area contributed by atoms with Crippen molar-refractivity contribution >= 4 is 17.4 Å². The number of benzene rings is 1. The van der Waals surface area contributed by atoms with E-state index in [1.54, 1.807) is 12.1 Å². The summed E-state index contributed by atoms with van der Waals surface area (Å²) < 4.78 is 5.79. The molecule has 0 aromatic heterocycles. The number of esters is 1. The lowest BCUT2D eigenvalue weighted by Crippen LogP contribution is -2.50. The largest absolute Gasteiger partial charge is 0.461 e. The van der Waals surface area contributed by atoms with E-state index in [9.17, 15) is 19.7 Å². The van der Waals surface area contributed by atoms with Crippen molar-refractivity contribution in [2.24, 2.45) is 17.3 Å². The van der Waals surface area contributed by atoms with Gasteiger partial charge in [-0.1, -0.05) is 52.2 Å². The fourth-order valence-electron chi connectivity index (χ4n) is 4.81. The predicted octanol–water partition coefficient (Wildman–Crippen LogP) is 4.81. The SMILES string of the molecule is CC(C)(C)C(c1cccc([N+](=O)[O-])c1)C1C(=O)OC2CCCCCCC2C1=O. The first-order chi connectivity index (χ1) is 13.2. The number of fused-ring (bicyclic) bond motifs is 1. The molecule has 0 N–H and O–H groups in total. The highest BCUT2D eigenvalue weighted by molar-refractivity contribution is 6.03. The van der Waals surface area contributed by atoms with Gasteiger partial charge in [-0.3, -0.25) is 19.7 Å². The molecule has 4 unspecified atom stereocenters. The van der Waals surface area contributed by atoms with Gasteiger partial charge in [-0.05, 0) is 30.2 Å². The molecule has 1 saturated carbocycles. The quantitative estimate of drug-likeness (QED) is 0.322. The third kappa shape index (κ3) is 4.10. The molecule has 3 rings (SSSR count).